The predicted molar refractivity (Wildman–Crippen MR) is 71.6 cm³/mol. The zero-order chi connectivity index (χ0) is 12.9. The van der Waals surface area contributed by atoms with E-state index in [2.05, 4.69) is 5.32 Å². The van der Waals surface area contributed by atoms with Gasteiger partial charge in [-0.15, -0.1) is 0 Å². The summed E-state index contributed by atoms with van der Waals surface area (Å²) in [4.78, 5) is 12.0. The van der Waals surface area contributed by atoms with Gasteiger partial charge in [0.15, 0.2) is 5.76 Å². The third-order valence-electron chi connectivity index (χ3n) is 5.53. The Balaban J connectivity index is 1.44. The van der Waals surface area contributed by atoms with E-state index in [1.54, 1.807) is 18.4 Å². The molecule has 1 aromatic heterocycles. The molecule has 1 amide bonds. The van der Waals surface area contributed by atoms with Crippen LogP contribution in [-0.2, 0) is 0 Å². The fraction of sp³-hybridized carbons (Fsp3) is 0.688. The highest BCUT2D eigenvalue weighted by molar-refractivity contribution is 5.91. The van der Waals surface area contributed by atoms with Crippen LogP contribution in [0.3, 0.4) is 0 Å². The van der Waals surface area contributed by atoms with E-state index in [1.165, 1.54) is 38.5 Å². The second kappa shape index (κ2) is 4.12. The lowest BCUT2D eigenvalue weighted by Gasteiger charge is -2.56. The lowest BCUT2D eigenvalue weighted by molar-refractivity contribution is -0.0504. The summed E-state index contributed by atoms with van der Waals surface area (Å²) in [6, 6.07) is 3.49. The molecule has 4 fully saturated rings. The summed E-state index contributed by atoms with van der Waals surface area (Å²) in [7, 11) is 0. The summed E-state index contributed by atoms with van der Waals surface area (Å²) < 4.78 is 5.15. The van der Waals surface area contributed by atoms with Crippen LogP contribution < -0.4 is 5.32 Å². The van der Waals surface area contributed by atoms with E-state index >= 15 is 0 Å². The number of amides is 1. The molecule has 1 aromatic rings. The van der Waals surface area contributed by atoms with Gasteiger partial charge in [0.1, 0.15) is 0 Å². The van der Waals surface area contributed by atoms with Gasteiger partial charge in [-0.25, -0.2) is 0 Å². The fourth-order valence-electron chi connectivity index (χ4n) is 5.27. The minimum absolute atomic E-state index is 0.0549. The Labute approximate surface area is 113 Å². The van der Waals surface area contributed by atoms with E-state index < -0.39 is 0 Å². The topological polar surface area (TPSA) is 42.2 Å². The number of hydrogen-bond acceptors (Lipinski definition) is 2. The summed E-state index contributed by atoms with van der Waals surface area (Å²) in [5, 5.41) is 3.11. The van der Waals surface area contributed by atoms with Gasteiger partial charge in [-0.1, -0.05) is 0 Å². The number of nitrogens with one attached hydrogen (secondary N) is 1. The lowest BCUT2D eigenvalue weighted by atomic mass is 9.49. The molecule has 0 aliphatic heterocycles. The molecule has 0 unspecified atom stereocenters. The Morgan fingerprint density at radius 3 is 2.37 bits per heavy atom. The Kier molecular flexibility index (Phi) is 2.51. The normalized spacial score (nSPS) is 39.5. The largest absolute Gasteiger partial charge is 0.459 e. The highest BCUT2D eigenvalue weighted by Gasteiger charge is 2.50. The van der Waals surface area contributed by atoms with E-state index in [1.807, 2.05) is 0 Å². The van der Waals surface area contributed by atoms with Crippen molar-refractivity contribution in [1.29, 1.82) is 0 Å². The molecule has 4 bridgehead atoms. The first-order valence-electron chi connectivity index (χ1n) is 7.54. The van der Waals surface area contributed by atoms with Gasteiger partial charge in [0.25, 0.3) is 5.91 Å². The van der Waals surface area contributed by atoms with Gasteiger partial charge in [0, 0.05) is 6.54 Å². The van der Waals surface area contributed by atoms with Crippen molar-refractivity contribution in [2.24, 2.45) is 23.2 Å². The molecule has 19 heavy (non-hydrogen) atoms. The molecule has 5 rings (SSSR count). The smallest absolute Gasteiger partial charge is 0.286 e. The highest BCUT2D eigenvalue weighted by Crippen LogP contribution is 2.59. The maximum Gasteiger partial charge on any atom is 0.286 e. The second-order valence-corrected chi connectivity index (χ2v) is 7.08. The van der Waals surface area contributed by atoms with Crippen LogP contribution in [0.1, 0.15) is 49.1 Å². The number of carbonyl (C=O) groups excluding carboxylic acids is 1. The van der Waals surface area contributed by atoms with Gasteiger partial charge in [-0.2, -0.15) is 0 Å². The van der Waals surface area contributed by atoms with Gasteiger partial charge in [-0.05, 0) is 73.8 Å². The lowest BCUT2D eigenvalue weighted by Crippen LogP contribution is -2.51. The van der Waals surface area contributed by atoms with E-state index in [4.69, 9.17) is 4.42 Å². The molecule has 1 N–H and O–H groups in total. The van der Waals surface area contributed by atoms with Crippen LogP contribution in [0.2, 0.25) is 0 Å². The summed E-state index contributed by atoms with van der Waals surface area (Å²) in [5.41, 5.74) is 0.400. The molecule has 0 saturated heterocycles. The minimum atomic E-state index is -0.0549. The number of furan rings is 1. The van der Waals surface area contributed by atoms with Crippen molar-refractivity contribution in [3.8, 4) is 0 Å². The zero-order valence-corrected chi connectivity index (χ0v) is 11.2. The van der Waals surface area contributed by atoms with Crippen molar-refractivity contribution in [3.05, 3.63) is 24.2 Å². The average Bonchev–Trinajstić information content (AvgIpc) is 2.88. The van der Waals surface area contributed by atoms with Crippen molar-refractivity contribution in [3.63, 3.8) is 0 Å². The van der Waals surface area contributed by atoms with E-state index in [-0.39, 0.29) is 5.91 Å². The van der Waals surface area contributed by atoms with E-state index in [9.17, 15) is 4.79 Å². The number of rotatable bonds is 3. The Hall–Kier alpha value is -1.25. The summed E-state index contributed by atoms with van der Waals surface area (Å²) in [6.45, 7) is 0.843. The molecule has 4 aliphatic rings. The van der Waals surface area contributed by atoms with Crippen molar-refractivity contribution >= 4 is 5.91 Å². The molecule has 0 atom stereocenters. The quantitative estimate of drug-likeness (QED) is 0.905. The maximum atomic E-state index is 12.0. The first-order chi connectivity index (χ1) is 9.22. The molecular formula is C16H21NO2. The first-order valence-corrected chi connectivity index (χ1v) is 7.54. The average molecular weight is 259 g/mol. The van der Waals surface area contributed by atoms with Gasteiger partial charge >= 0.3 is 0 Å². The Morgan fingerprint density at radius 2 is 1.84 bits per heavy atom. The summed E-state index contributed by atoms with van der Waals surface area (Å²) in [5.74, 6) is 3.19. The van der Waals surface area contributed by atoms with Crippen molar-refractivity contribution < 1.29 is 9.21 Å². The van der Waals surface area contributed by atoms with Crippen molar-refractivity contribution in [2.45, 2.75) is 38.5 Å². The van der Waals surface area contributed by atoms with Gasteiger partial charge in [0.2, 0.25) is 0 Å². The third-order valence-corrected chi connectivity index (χ3v) is 5.53. The van der Waals surface area contributed by atoms with Crippen LogP contribution in [0.25, 0.3) is 0 Å². The molecule has 4 saturated carbocycles. The van der Waals surface area contributed by atoms with E-state index in [0.29, 0.717) is 11.2 Å². The first kappa shape index (κ1) is 11.6. The van der Waals surface area contributed by atoms with Gasteiger partial charge < -0.3 is 9.73 Å². The van der Waals surface area contributed by atoms with Crippen LogP contribution in [0.4, 0.5) is 0 Å². The SMILES string of the molecule is O=C(NCC12CC3CC(CC(C3)C1)C2)c1ccco1. The predicted octanol–water partition coefficient (Wildman–Crippen LogP) is 3.23. The van der Waals surface area contributed by atoms with Gasteiger partial charge in [0.05, 0.1) is 6.26 Å². The van der Waals surface area contributed by atoms with E-state index in [0.717, 1.165) is 24.3 Å². The molecule has 0 spiro atoms. The summed E-state index contributed by atoms with van der Waals surface area (Å²) in [6.07, 6.45) is 9.90. The zero-order valence-electron chi connectivity index (χ0n) is 11.2. The monoisotopic (exact) mass is 259 g/mol. The molecule has 0 aromatic carbocycles. The van der Waals surface area contributed by atoms with Crippen LogP contribution in [0, 0.1) is 23.2 Å². The third kappa shape index (κ3) is 1.99. The summed E-state index contributed by atoms with van der Waals surface area (Å²) >= 11 is 0. The molecular weight excluding hydrogens is 238 g/mol. The molecule has 1 heterocycles. The second-order valence-electron chi connectivity index (χ2n) is 7.08. The highest BCUT2D eigenvalue weighted by atomic mass is 16.3. The number of hydrogen-bond donors (Lipinski definition) is 1. The molecule has 4 aliphatic carbocycles. The Bertz CT molecular complexity index is 442. The van der Waals surface area contributed by atoms with Crippen molar-refractivity contribution in [1.82, 2.24) is 5.32 Å². The van der Waals surface area contributed by atoms with Crippen LogP contribution >= 0.6 is 0 Å². The molecule has 0 radical (unpaired) electrons. The minimum Gasteiger partial charge on any atom is -0.459 e. The van der Waals surface area contributed by atoms with Crippen LogP contribution in [0.5, 0.6) is 0 Å². The molecule has 3 heteroatoms. The van der Waals surface area contributed by atoms with Crippen molar-refractivity contribution in [2.75, 3.05) is 6.54 Å². The van der Waals surface area contributed by atoms with Crippen LogP contribution in [-0.4, -0.2) is 12.5 Å². The molecule has 3 nitrogen and oxygen atoms in total. The van der Waals surface area contributed by atoms with Gasteiger partial charge in [-0.3, -0.25) is 4.79 Å². The standard InChI is InChI=1S/C16H21NO2/c18-15(14-2-1-3-19-14)17-10-16-7-11-4-12(8-16)6-13(5-11)9-16/h1-3,11-13H,4-10H2,(H,17,18). The fourth-order valence-corrected chi connectivity index (χ4v) is 5.27. The Morgan fingerprint density at radius 1 is 1.21 bits per heavy atom. The maximum absolute atomic E-state index is 12.0. The number of carbonyl (C=O) groups is 1. The van der Waals surface area contributed by atoms with Crippen LogP contribution in [0.15, 0.2) is 22.8 Å². The molecule has 102 valence electrons.